The Morgan fingerprint density at radius 3 is 2.48 bits per heavy atom. The van der Waals surface area contributed by atoms with Crippen LogP contribution in [0.2, 0.25) is 0 Å². The lowest BCUT2D eigenvalue weighted by molar-refractivity contribution is 0.0953. The van der Waals surface area contributed by atoms with E-state index in [1.807, 2.05) is 31.2 Å². The Morgan fingerprint density at radius 2 is 1.86 bits per heavy atom. The minimum Gasteiger partial charge on any atom is -0.351 e. The molecule has 1 aromatic carbocycles. The van der Waals surface area contributed by atoms with E-state index >= 15 is 0 Å². The molecule has 0 radical (unpaired) electrons. The number of nitrogens with zero attached hydrogens (tertiary/aromatic N) is 1. The molecule has 1 heterocycles. The van der Waals surface area contributed by atoms with Gasteiger partial charge in [-0.1, -0.05) is 24.6 Å². The van der Waals surface area contributed by atoms with Crippen LogP contribution in [-0.2, 0) is 0 Å². The fourth-order valence-corrected chi connectivity index (χ4v) is 2.71. The second-order valence-electron chi connectivity index (χ2n) is 5.78. The second kappa shape index (κ2) is 8.15. The Labute approximate surface area is 127 Å². The first-order valence-electron chi connectivity index (χ1n) is 7.99. The van der Waals surface area contributed by atoms with Crippen LogP contribution in [0.3, 0.4) is 0 Å². The number of hydrogen-bond donors (Lipinski definition) is 2. The first kappa shape index (κ1) is 16.0. The number of likely N-dealkylation sites (tertiary alicyclic amines) is 1. The molecule has 0 spiro atoms. The van der Waals surface area contributed by atoms with E-state index in [9.17, 15) is 4.79 Å². The highest BCUT2D eigenvalue weighted by Gasteiger charge is 2.16. The molecule has 4 nitrogen and oxygen atoms in total. The van der Waals surface area contributed by atoms with E-state index < -0.39 is 0 Å². The van der Waals surface area contributed by atoms with Gasteiger partial charge in [0.2, 0.25) is 0 Å². The van der Waals surface area contributed by atoms with Gasteiger partial charge in [0.25, 0.3) is 5.91 Å². The summed E-state index contributed by atoms with van der Waals surface area (Å²) in [5.74, 6) is 0.0117. The summed E-state index contributed by atoms with van der Waals surface area (Å²) in [6.45, 7) is 9.28. The van der Waals surface area contributed by atoms with Gasteiger partial charge in [-0.05, 0) is 51.5 Å². The van der Waals surface area contributed by atoms with E-state index in [-0.39, 0.29) is 5.91 Å². The summed E-state index contributed by atoms with van der Waals surface area (Å²) in [6, 6.07) is 8.28. The van der Waals surface area contributed by atoms with Crippen LogP contribution in [0.5, 0.6) is 0 Å². The monoisotopic (exact) mass is 289 g/mol. The van der Waals surface area contributed by atoms with Gasteiger partial charge in [0.15, 0.2) is 0 Å². The molecule has 1 saturated heterocycles. The van der Waals surface area contributed by atoms with Crippen molar-refractivity contribution in [1.82, 2.24) is 15.5 Å². The Balaban J connectivity index is 1.61. The standard InChI is InChI=1S/C17H27N3O/c1-3-20-12-8-16(9-13-20)18-10-11-19-17(21)15-6-4-14(2)5-7-15/h4-7,16,18H,3,8-13H2,1-2H3,(H,19,21). The molecule has 2 N–H and O–H groups in total. The molecule has 4 heteroatoms. The van der Waals surface area contributed by atoms with Crippen molar-refractivity contribution >= 4 is 5.91 Å². The lowest BCUT2D eigenvalue weighted by Gasteiger charge is -2.31. The number of aryl methyl sites for hydroxylation is 1. The van der Waals surface area contributed by atoms with Gasteiger partial charge >= 0.3 is 0 Å². The molecule has 0 saturated carbocycles. The molecule has 1 aliphatic rings. The number of hydrogen-bond acceptors (Lipinski definition) is 3. The summed E-state index contributed by atoms with van der Waals surface area (Å²) < 4.78 is 0. The number of carbonyl (C=O) groups excluding carboxylic acids is 1. The Bertz CT molecular complexity index is 436. The maximum atomic E-state index is 11.9. The Morgan fingerprint density at radius 1 is 1.19 bits per heavy atom. The van der Waals surface area contributed by atoms with Crippen LogP contribution in [0.25, 0.3) is 0 Å². The molecule has 0 atom stereocenters. The van der Waals surface area contributed by atoms with Crippen molar-refractivity contribution in [2.45, 2.75) is 32.7 Å². The normalized spacial score (nSPS) is 16.9. The van der Waals surface area contributed by atoms with Crippen LogP contribution < -0.4 is 10.6 Å². The summed E-state index contributed by atoms with van der Waals surface area (Å²) in [6.07, 6.45) is 2.42. The summed E-state index contributed by atoms with van der Waals surface area (Å²) in [7, 11) is 0. The lowest BCUT2D eigenvalue weighted by atomic mass is 10.1. The van der Waals surface area contributed by atoms with Gasteiger partial charge in [-0.3, -0.25) is 4.79 Å². The lowest BCUT2D eigenvalue weighted by Crippen LogP contribution is -2.44. The molecule has 1 fully saturated rings. The average Bonchev–Trinajstić information content (AvgIpc) is 2.52. The Kier molecular flexibility index (Phi) is 6.21. The zero-order valence-corrected chi connectivity index (χ0v) is 13.2. The topological polar surface area (TPSA) is 44.4 Å². The van der Waals surface area contributed by atoms with Gasteiger partial charge < -0.3 is 15.5 Å². The number of carbonyl (C=O) groups is 1. The molecule has 0 bridgehead atoms. The number of rotatable bonds is 6. The summed E-state index contributed by atoms with van der Waals surface area (Å²) in [5, 5.41) is 6.51. The van der Waals surface area contributed by atoms with E-state index in [0.29, 0.717) is 12.6 Å². The van der Waals surface area contributed by atoms with Gasteiger partial charge in [0, 0.05) is 24.7 Å². The number of piperidine rings is 1. The molecule has 2 rings (SSSR count). The second-order valence-corrected chi connectivity index (χ2v) is 5.78. The maximum absolute atomic E-state index is 11.9. The van der Waals surface area contributed by atoms with Crippen molar-refractivity contribution in [1.29, 1.82) is 0 Å². The van der Waals surface area contributed by atoms with E-state index in [2.05, 4.69) is 22.5 Å². The SMILES string of the molecule is CCN1CCC(NCCNC(=O)c2ccc(C)cc2)CC1. The Hall–Kier alpha value is -1.39. The minimum absolute atomic E-state index is 0.0117. The van der Waals surface area contributed by atoms with Gasteiger partial charge in [-0.25, -0.2) is 0 Å². The highest BCUT2D eigenvalue weighted by atomic mass is 16.1. The van der Waals surface area contributed by atoms with Crippen LogP contribution in [0, 0.1) is 6.92 Å². The van der Waals surface area contributed by atoms with E-state index in [0.717, 1.165) is 18.7 Å². The van der Waals surface area contributed by atoms with E-state index in [1.165, 1.54) is 31.5 Å². The van der Waals surface area contributed by atoms with Crippen LogP contribution in [0.15, 0.2) is 24.3 Å². The molecule has 1 amide bonds. The molecule has 21 heavy (non-hydrogen) atoms. The molecular formula is C17H27N3O. The largest absolute Gasteiger partial charge is 0.351 e. The molecule has 1 aliphatic heterocycles. The predicted octanol–water partition coefficient (Wildman–Crippen LogP) is 1.80. The molecule has 0 aliphatic carbocycles. The van der Waals surface area contributed by atoms with Crippen molar-refractivity contribution in [3.63, 3.8) is 0 Å². The molecule has 0 unspecified atom stereocenters. The number of nitrogens with one attached hydrogen (secondary N) is 2. The smallest absolute Gasteiger partial charge is 0.251 e. The van der Waals surface area contributed by atoms with Crippen molar-refractivity contribution in [3.05, 3.63) is 35.4 Å². The molecule has 0 aromatic heterocycles. The van der Waals surface area contributed by atoms with Gasteiger partial charge in [-0.2, -0.15) is 0 Å². The molecular weight excluding hydrogens is 262 g/mol. The highest BCUT2D eigenvalue weighted by molar-refractivity contribution is 5.94. The van der Waals surface area contributed by atoms with Crippen molar-refractivity contribution in [2.75, 3.05) is 32.7 Å². The average molecular weight is 289 g/mol. The number of benzene rings is 1. The fraction of sp³-hybridized carbons (Fsp3) is 0.588. The summed E-state index contributed by atoms with van der Waals surface area (Å²) in [5.41, 5.74) is 1.91. The molecule has 1 aromatic rings. The fourth-order valence-electron chi connectivity index (χ4n) is 2.71. The molecule has 116 valence electrons. The van der Waals surface area contributed by atoms with Crippen molar-refractivity contribution < 1.29 is 4.79 Å². The van der Waals surface area contributed by atoms with Gasteiger partial charge in [0.1, 0.15) is 0 Å². The number of amides is 1. The van der Waals surface area contributed by atoms with E-state index in [4.69, 9.17) is 0 Å². The summed E-state index contributed by atoms with van der Waals surface area (Å²) >= 11 is 0. The first-order valence-corrected chi connectivity index (χ1v) is 7.99. The zero-order valence-electron chi connectivity index (χ0n) is 13.2. The van der Waals surface area contributed by atoms with E-state index in [1.54, 1.807) is 0 Å². The quantitative estimate of drug-likeness (QED) is 0.785. The van der Waals surface area contributed by atoms with Crippen LogP contribution >= 0.6 is 0 Å². The summed E-state index contributed by atoms with van der Waals surface area (Å²) in [4.78, 5) is 14.4. The van der Waals surface area contributed by atoms with Crippen LogP contribution in [0.1, 0.15) is 35.7 Å². The zero-order chi connectivity index (χ0) is 15.1. The minimum atomic E-state index is 0.0117. The van der Waals surface area contributed by atoms with Gasteiger partial charge in [0.05, 0.1) is 0 Å². The third kappa shape index (κ3) is 5.14. The first-order chi connectivity index (χ1) is 10.2. The van der Waals surface area contributed by atoms with Crippen molar-refractivity contribution in [3.8, 4) is 0 Å². The third-order valence-corrected chi connectivity index (χ3v) is 4.19. The van der Waals surface area contributed by atoms with Crippen LogP contribution in [-0.4, -0.2) is 49.6 Å². The highest BCUT2D eigenvalue weighted by Crippen LogP contribution is 2.09. The van der Waals surface area contributed by atoms with Gasteiger partial charge in [-0.15, -0.1) is 0 Å². The van der Waals surface area contributed by atoms with Crippen LogP contribution in [0.4, 0.5) is 0 Å². The maximum Gasteiger partial charge on any atom is 0.251 e. The third-order valence-electron chi connectivity index (χ3n) is 4.19. The predicted molar refractivity (Wildman–Crippen MR) is 86.7 cm³/mol. The van der Waals surface area contributed by atoms with Crippen molar-refractivity contribution in [2.24, 2.45) is 0 Å².